The predicted molar refractivity (Wildman–Crippen MR) is 107 cm³/mol. The van der Waals surface area contributed by atoms with Crippen LogP contribution in [0.25, 0.3) is 16.9 Å². The minimum Gasteiger partial charge on any atom is -0.365 e. The highest BCUT2D eigenvalue weighted by molar-refractivity contribution is 9.10. The van der Waals surface area contributed by atoms with Crippen molar-refractivity contribution in [2.45, 2.75) is 39.2 Å². The van der Waals surface area contributed by atoms with Crippen LogP contribution in [0.5, 0.6) is 0 Å². The second-order valence-electron chi connectivity index (χ2n) is 7.29. The lowest BCUT2D eigenvalue weighted by Gasteiger charge is -2.35. The molecule has 2 aromatic heterocycles. The van der Waals surface area contributed by atoms with Gasteiger partial charge in [0.1, 0.15) is 17.3 Å². The van der Waals surface area contributed by atoms with Gasteiger partial charge in [-0.1, -0.05) is 54.8 Å². The first-order valence-corrected chi connectivity index (χ1v) is 9.90. The number of rotatable bonds is 3. The molecule has 1 saturated carbocycles. The van der Waals surface area contributed by atoms with E-state index in [0.29, 0.717) is 29.1 Å². The summed E-state index contributed by atoms with van der Waals surface area (Å²) in [4.78, 5) is 4.78. The number of benzene rings is 1. The van der Waals surface area contributed by atoms with Gasteiger partial charge in [0.25, 0.3) is 0 Å². The zero-order chi connectivity index (χ0) is 18.3. The molecule has 1 aromatic carbocycles. The Morgan fingerprint density at radius 2 is 2.04 bits per heavy atom. The van der Waals surface area contributed by atoms with E-state index in [1.165, 1.54) is 12.8 Å². The van der Waals surface area contributed by atoms with Crippen molar-refractivity contribution in [3.63, 3.8) is 0 Å². The van der Waals surface area contributed by atoms with Gasteiger partial charge < -0.3 is 5.32 Å². The molecule has 0 spiro atoms. The fraction of sp³-hybridized carbons (Fsp3) is 0.400. The molecule has 0 unspecified atom stereocenters. The van der Waals surface area contributed by atoms with Crippen molar-refractivity contribution in [1.29, 1.82) is 5.26 Å². The van der Waals surface area contributed by atoms with E-state index < -0.39 is 0 Å². The van der Waals surface area contributed by atoms with Gasteiger partial charge in [0.05, 0.1) is 0 Å². The van der Waals surface area contributed by atoms with Crippen LogP contribution in [0.1, 0.15) is 38.7 Å². The summed E-state index contributed by atoms with van der Waals surface area (Å²) in [7, 11) is 0. The molecule has 134 valence electrons. The third-order valence-corrected chi connectivity index (χ3v) is 6.25. The Balaban J connectivity index is 1.80. The summed E-state index contributed by atoms with van der Waals surface area (Å²) in [5, 5.41) is 16.3. The number of aromatic amines is 1. The molecular formula is C20H22BrN5. The van der Waals surface area contributed by atoms with E-state index in [1.807, 2.05) is 16.6 Å². The lowest BCUT2D eigenvalue weighted by molar-refractivity contribution is 0.252. The van der Waals surface area contributed by atoms with E-state index in [0.717, 1.165) is 28.0 Å². The minimum atomic E-state index is 0.404. The van der Waals surface area contributed by atoms with Crippen LogP contribution in [0, 0.1) is 23.2 Å². The van der Waals surface area contributed by atoms with Crippen LogP contribution in [-0.4, -0.2) is 20.6 Å². The lowest BCUT2D eigenvalue weighted by Crippen LogP contribution is -2.35. The second-order valence-corrected chi connectivity index (χ2v) is 8.21. The molecule has 1 aliphatic carbocycles. The van der Waals surface area contributed by atoms with Gasteiger partial charge in [0.15, 0.2) is 11.5 Å². The van der Waals surface area contributed by atoms with Gasteiger partial charge in [0, 0.05) is 22.3 Å². The summed E-state index contributed by atoms with van der Waals surface area (Å²) in [6.45, 7) is 4.66. The Bertz CT molecular complexity index is 963. The molecule has 0 radical (unpaired) electrons. The number of hydrogen-bond acceptors (Lipinski definition) is 3. The zero-order valence-corrected chi connectivity index (χ0v) is 16.5. The van der Waals surface area contributed by atoms with Crippen LogP contribution in [0.4, 0.5) is 5.82 Å². The van der Waals surface area contributed by atoms with Crippen molar-refractivity contribution in [3.8, 4) is 17.3 Å². The molecule has 1 fully saturated rings. The fourth-order valence-electron chi connectivity index (χ4n) is 3.91. The van der Waals surface area contributed by atoms with Crippen LogP contribution in [0.3, 0.4) is 0 Å². The molecule has 0 amide bonds. The molecule has 0 saturated heterocycles. The molecular weight excluding hydrogens is 390 g/mol. The number of halogens is 1. The predicted octanol–water partition coefficient (Wildman–Crippen LogP) is 5.20. The maximum absolute atomic E-state index is 9.38. The van der Waals surface area contributed by atoms with Gasteiger partial charge in [-0.05, 0) is 30.4 Å². The third-order valence-electron chi connectivity index (χ3n) is 5.72. The number of imidazole rings is 1. The molecule has 0 aliphatic heterocycles. The van der Waals surface area contributed by atoms with Gasteiger partial charge in [0.2, 0.25) is 0 Å². The first-order valence-electron chi connectivity index (χ1n) is 9.11. The SMILES string of the molecule is C[C@H]1[C@H](C)CCC[C@H]1Nc1c(-c2ccc(Br)cc2)nc2c(C#N)c[nH]n12. The molecule has 2 N–H and O–H groups in total. The van der Waals surface area contributed by atoms with Crippen LogP contribution in [-0.2, 0) is 0 Å². The topological polar surface area (TPSA) is 68.9 Å². The van der Waals surface area contributed by atoms with Crippen LogP contribution < -0.4 is 5.32 Å². The Morgan fingerprint density at radius 3 is 2.77 bits per heavy atom. The maximum atomic E-state index is 9.38. The summed E-state index contributed by atoms with van der Waals surface area (Å²) in [5.41, 5.74) is 3.14. The van der Waals surface area contributed by atoms with Gasteiger partial charge in [-0.3, -0.25) is 5.10 Å². The summed E-state index contributed by atoms with van der Waals surface area (Å²) < 4.78 is 2.94. The highest BCUT2D eigenvalue weighted by Gasteiger charge is 2.29. The fourth-order valence-corrected chi connectivity index (χ4v) is 4.17. The number of anilines is 1. The lowest BCUT2D eigenvalue weighted by atomic mass is 9.78. The number of nitrogens with one attached hydrogen (secondary N) is 2. The number of H-pyrrole nitrogens is 1. The molecule has 5 nitrogen and oxygen atoms in total. The van der Waals surface area contributed by atoms with Crippen molar-refractivity contribution >= 4 is 27.4 Å². The number of hydrogen-bond donors (Lipinski definition) is 2. The van der Waals surface area contributed by atoms with E-state index in [1.54, 1.807) is 6.20 Å². The van der Waals surface area contributed by atoms with Gasteiger partial charge in [-0.15, -0.1) is 0 Å². The Kier molecular flexibility index (Phi) is 4.49. The van der Waals surface area contributed by atoms with Crippen LogP contribution in [0.15, 0.2) is 34.9 Å². The minimum absolute atomic E-state index is 0.404. The van der Waals surface area contributed by atoms with E-state index in [4.69, 9.17) is 4.98 Å². The van der Waals surface area contributed by atoms with Gasteiger partial charge >= 0.3 is 0 Å². The summed E-state index contributed by atoms with van der Waals surface area (Å²) >= 11 is 3.49. The monoisotopic (exact) mass is 411 g/mol. The molecule has 6 heteroatoms. The van der Waals surface area contributed by atoms with E-state index >= 15 is 0 Å². The Morgan fingerprint density at radius 1 is 1.27 bits per heavy atom. The number of nitrogens with zero attached hydrogens (tertiary/aromatic N) is 3. The summed E-state index contributed by atoms with van der Waals surface area (Å²) in [5.74, 6) is 2.24. The summed E-state index contributed by atoms with van der Waals surface area (Å²) in [6, 6.07) is 10.8. The van der Waals surface area contributed by atoms with E-state index in [-0.39, 0.29) is 0 Å². The maximum Gasteiger partial charge on any atom is 0.173 e. The third kappa shape index (κ3) is 2.90. The van der Waals surface area contributed by atoms with Crippen molar-refractivity contribution in [2.75, 3.05) is 5.32 Å². The van der Waals surface area contributed by atoms with Gasteiger partial charge in [-0.25, -0.2) is 9.50 Å². The van der Waals surface area contributed by atoms with E-state index in [2.05, 4.69) is 58.4 Å². The average molecular weight is 412 g/mol. The smallest absolute Gasteiger partial charge is 0.173 e. The normalized spacial score (nSPS) is 23.1. The summed E-state index contributed by atoms with van der Waals surface area (Å²) in [6.07, 6.45) is 5.41. The van der Waals surface area contributed by atoms with Crippen molar-refractivity contribution in [1.82, 2.24) is 14.6 Å². The molecule has 26 heavy (non-hydrogen) atoms. The Labute approximate surface area is 161 Å². The van der Waals surface area contributed by atoms with Crippen molar-refractivity contribution in [3.05, 3.63) is 40.5 Å². The molecule has 4 rings (SSSR count). The highest BCUT2D eigenvalue weighted by atomic mass is 79.9. The van der Waals surface area contributed by atoms with Gasteiger partial charge in [-0.2, -0.15) is 5.26 Å². The molecule has 3 aromatic rings. The largest absolute Gasteiger partial charge is 0.365 e. The van der Waals surface area contributed by atoms with Crippen LogP contribution >= 0.6 is 15.9 Å². The standard InChI is InChI=1S/C20H22BrN5/c1-12-4-3-5-17(13(12)2)24-20-18(14-6-8-16(21)9-7-14)25-19-15(10-22)11-23-26(19)20/h6-9,11-13,17,23-24H,3-5H2,1-2H3/t12-,13+,17-/m1/s1. The number of aromatic nitrogens is 3. The number of nitriles is 1. The number of fused-ring (bicyclic) bond motifs is 1. The van der Waals surface area contributed by atoms with Crippen molar-refractivity contribution in [2.24, 2.45) is 11.8 Å². The molecule has 0 bridgehead atoms. The Hall–Kier alpha value is -2.26. The zero-order valence-electron chi connectivity index (χ0n) is 15.0. The second kappa shape index (κ2) is 6.81. The van der Waals surface area contributed by atoms with E-state index in [9.17, 15) is 5.26 Å². The average Bonchev–Trinajstić information content (AvgIpc) is 3.19. The van der Waals surface area contributed by atoms with Crippen LogP contribution in [0.2, 0.25) is 0 Å². The quantitative estimate of drug-likeness (QED) is 0.621. The molecule has 3 atom stereocenters. The first kappa shape index (κ1) is 17.2. The highest BCUT2D eigenvalue weighted by Crippen LogP contribution is 2.35. The first-order chi connectivity index (χ1) is 12.6. The van der Waals surface area contributed by atoms with Crippen molar-refractivity contribution < 1.29 is 0 Å². The molecule has 2 heterocycles. The molecule has 1 aliphatic rings.